The Balaban J connectivity index is 2.41. The molecule has 19 heavy (non-hydrogen) atoms. The van der Waals surface area contributed by atoms with Gasteiger partial charge in [-0.05, 0) is 36.7 Å². The minimum Gasteiger partial charge on any atom is -0.308 e. The molecule has 0 aliphatic rings. The fourth-order valence-corrected chi connectivity index (χ4v) is 2.35. The lowest BCUT2D eigenvalue weighted by Crippen LogP contribution is -2.21. The van der Waals surface area contributed by atoms with Crippen LogP contribution in [0.5, 0.6) is 0 Å². The van der Waals surface area contributed by atoms with Gasteiger partial charge in [0.25, 0.3) is 5.56 Å². The Morgan fingerprint density at radius 3 is 2.79 bits per heavy atom. The molecule has 0 saturated heterocycles. The molecule has 5 nitrogen and oxygen atoms in total. The summed E-state index contributed by atoms with van der Waals surface area (Å²) in [6, 6.07) is 9.63. The number of aromatic amines is 2. The van der Waals surface area contributed by atoms with E-state index in [4.69, 9.17) is 12.2 Å². The van der Waals surface area contributed by atoms with Crippen LogP contribution in [0, 0.1) is 4.77 Å². The van der Waals surface area contributed by atoms with Crippen LogP contribution in [-0.4, -0.2) is 19.7 Å². The van der Waals surface area contributed by atoms with E-state index in [1.165, 1.54) is 0 Å². The number of hydrogen-bond donors (Lipinski definition) is 2. The molecule has 0 aliphatic heterocycles. The number of pyridine rings is 1. The van der Waals surface area contributed by atoms with Gasteiger partial charge in [0, 0.05) is 6.54 Å². The molecule has 96 valence electrons. The second kappa shape index (κ2) is 4.47. The van der Waals surface area contributed by atoms with Crippen molar-refractivity contribution in [3.63, 3.8) is 0 Å². The first-order chi connectivity index (χ1) is 9.20. The van der Waals surface area contributed by atoms with Crippen LogP contribution in [0.3, 0.4) is 0 Å². The zero-order valence-electron chi connectivity index (χ0n) is 10.3. The molecule has 0 aliphatic carbocycles. The maximum atomic E-state index is 12.5. The zero-order valence-corrected chi connectivity index (χ0v) is 11.1. The first-order valence-electron chi connectivity index (χ1n) is 5.98. The normalized spacial score (nSPS) is 11.0. The summed E-state index contributed by atoms with van der Waals surface area (Å²) in [4.78, 5) is 16.6. The standard InChI is InChI=1S/C13H12N4OS/c1-2-17-10-6-4-3-5-8(10)7-9(12(17)18)11-14-13(19)16-15-11/h3-7H,2H2,1H3,(H2,14,15,16,19). The van der Waals surface area contributed by atoms with Crippen LogP contribution < -0.4 is 5.56 Å². The lowest BCUT2D eigenvalue weighted by Gasteiger charge is -2.09. The Hall–Kier alpha value is -2.21. The number of benzene rings is 1. The molecule has 0 spiro atoms. The van der Waals surface area contributed by atoms with E-state index in [1.54, 1.807) is 4.57 Å². The summed E-state index contributed by atoms with van der Waals surface area (Å²) in [5, 5.41) is 6.54. The SMILES string of the molecule is CCn1c(=O)c(-c2nc(=S)[nH][nH]2)cc2ccccc21. The van der Waals surface area contributed by atoms with Crippen LogP contribution in [-0.2, 0) is 6.54 Å². The number of aryl methyl sites for hydroxylation is 1. The molecule has 0 amide bonds. The number of hydrogen-bond acceptors (Lipinski definition) is 3. The molecule has 2 aromatic heterocycles. The second-order valence-electron chi connectivity index (χ2n) is 4.18. The summed E-state index contributed by atoms with van der Waals surface area (Å²) in [5.74, 6) is 0.475. The summed E-state index contributed by atoms with van der Waals surface area (Å²) in [6.45, 7) is 2.56. The molecule has 0 radical (unpaired) electrons. The predicted molar refractivity (Wildman–Crippen MR) is 76.6 cm³/mol. The Labute approximate surface area is 113 Å². The van der Waals surface area contributed by atoms with Gasteiger partial charge in [-0.2, -0.15) is 4.98 Å². The molecule has 6 heteroatoms. The summed E-state index contributed by atoms with van der Waals surface area (Å²) in [6.07, 6.45) is 0. The van der Waals surface area contributed by atoms with Crippen molar-refractivity contribution in [3.8, 4) is 11.4 Å². The maximum absolute atomic E-state index is 12.5. The van der Waals surface area contributed by atoms with E-state index in [0.29, 0.717) is 22.7 Å². The predicted octanol–water partition coefficient (Wildman–Crippen LogP) is 2.47. The van der Waals surface area contributed by atoms with Crippen LogP contribution in [0.1, 0.15) is 6.92 Å². The number of nitrogens with zero attached hydrogens (tertiary/aromatic N) is 2. The number of H-pyrrole nitrogens is 2. The third kappa shape index (κ3) is 1.90. The van der Waals surface area contributed by atoms with Crippen molar-refractivity contribution in [2.75, 3.05) is 0 Å². The zero-order chi connectivity index (χ0) is 13.4. The lowest BCUT2D eigenvalue weighted by molar-refractivity contribution is 0.760. The molecule has 0 saturated carbocycles. The van der Waals surface area contributed by atoms with Crippen molar-refractivity contribution in [1.82, 2.24) is 19.7 Å². The van der Waals surface area contributed by atoms with Gasteiger partial charge in [-0.1, -0.05) is 18.2 Å². The van der Waals surface area contributed by atoms with E-state index in [0.717, 1.165) is 10.9 Å². The van der Waals surface area contributed by atoms with Crippen molar-refractivity contribution < 1.29 is 0 Å². The molecule has 2 N–H and O–H groups in total. The van der Waals surface area contributed by atoms with E-state index in [-0.39, 0.29) is 5.56 Å². The number of aromatic nitrogens is 4. The summed E-state index contributed by atoms with van der Waals surface area (Å²) in [5.41, 5.74) is 1.37. The average Bonchev–Trinajstić information content (AvgIpc) is 2.84. The topological polar surface area (TPSA) is 66.5 Å². The van der Waals surface area contributed by atoms with Gasteiger partial charge in [0.15, 0.2) is 5.82 Å². The van der Waals surface area contributed by atoms with Crippen LogP contribution >= 0.6 is 12.2 Å². The Morgan fingerprint density at radius 1 is 1.32 bits per heavy atom. The highest BCUT2D eigenvalue weighted by molar-refractivity contribution is 7.71. The molecule has 3 aromatic rings. The van der Waals surface area contributed by atoms with Crippen LogP contribution in [0.25, 0.3) is 22.3 Å². The van der Waals surface area contributed by atoms with Crippen LogP contribution in [0.4, 0.5) is 0 Å². The molecule has 0 fully saturated rings. The van der Waals surface area contributed by atoms with Gasteiger partial charge in [-0.15, -0.1) is 0 Å². The minimum absolute atomic E-state index is 0.0704. The van der Waals surface area contributed by atoms with Crippen molar-refractivity contribution in [2.45, 2.75) is 13.5 Å². The van der Waals surface area contributed by atoms with Crippen LogP contribution in [0.15, 0.2) is 35.1 Å². The molecule has 3 rings (SSSR count). The van der Waals surface area contributed by atoms with Crippen LogP contribution in [0.2, 0.25) is 0 Å². The molecular weight excluding hydrogens is 260 g/mol. The molecule has 0 bridgehead atoms. The monoisotopic (exact) mass is 272 g/mol. The molecule has 0 atom stereocenters. The number of rotatable bonds is 2. The minimum atomic E-state index is -0.0704. The number of nitrogens with one attached hydrogen (secondary N) is 2. The van der Waals surface area contributed by atoms with Crippen molar-refractivity contribution >= 4 is 23.1 Å². The first-order valence-corrected chi connectivity index (χ1v) is 6.39. The van der Waals surface area contributed by atoms with E-state index in [1.807, 2.05) is 37.3 Å². The smallest absolute Gasteiger partial charge is 0.262 e. The molecule has 1 aromatic carbocycles. The van der Waals surface area contributed by atoms with Gasteiger partial charge in [-0.3, -0.25) is 15.0 Å². The largest absolute Gasteiger partial charge is 0.308 e. The van der Waals surface area contributed by atoms with Gasteiger partial charge in [0.05, 0.1) is 11.1 Å². The van der Waals surface area contributed by atoms with Crippen molar-refractivity contribution in [2.24, 2.45) is 0 Å². The molecule has 2 heterocycles. The number of fused-ring (bicyclic) bond motifs is 1. The first kappa shape index (κ1) is 11.9. The highest BCUT2D eigenvalue weighted by Gasteiger charge is 2.11. The fraction of sp³-hybridized carbons (Fsp3) is 0.154. The summed E-state index contributed by atoms with van der Waals surface area (Å²) < 4.78 is 2.07. The van der Waals surface area contributed by atoms with E-state index in [9.17, 15) is 4.79 Å². The highest BCUT2D eigenvalue weighted by Crippen LogP contribution is 2.18. The van der Waals surface area contributed by atoms with Gasteiger partial charge in [0.1, 0.15) is 0 Å². The third-order valence-corrected chi connectivity index (χ3v) is 3.27. The Kier molecular flexibility index (Phi) is 2.79. The highest BCUT2D eigenvalue weighted by atomic mass is 32.1. The lowest BCUT2D eigenvalue weighted by atomic mass is 10.1. The molecular formula is C13H12N4OS. The van der Waals surface area contributed by atoms with Gasteiger partial charge in [0.2, 0.25) is 4.77 Å². The van der Waals surface area contributed by atoms with E-state index < -0.39 is 0 Å². The van der Waals surface area contributed by atoms with E-state index in [2.05, 4.69) is 15.2 Å². The Bertz CT molecular complexity index is 859. The van der Waals surface area contributed by atoms with Gasteiger partial charge in [-0.25, -0.2) is 0 Å². The quantitative estimate of drug-likeness (QED) is 0.704. The Morgan fingerprint density at radius 2 is 2.11 bits per heavy atom. The average molecular weight is 272 g/mol. The number of para-hydroxylation sites is 1. The maximum Gasteiger partial charge on any atom is 0.262 e. The summed E-state index contributed by atoms with van der Waals surface area (Å²) in [7, 11) is 0. The second-order valence-corrected chi connectivity index (χ2v) is 4.57. The third-order valence-electron chi connectivity index (χ3n) is 3.08. The van der Waals surface area contributed by atoms with Gasteiger partial charge >= 0.3 is 0 Å². The molecule has 0 unspecified atom stereocenters. The van der Waals surface area contributed by atoms with Gasteiger partial charge < -0.3 is 4.57 Å². The summed E-state index contributed by atoms with van der Waals surface area (Å²) >= 11 is 4.93. The fourth-order valence-electron chi connectivity index (χ4n) is 2.21. The van der Waals surface area contributed by atoms with Crippen molar-refractivity contribution in [3.05, 3.63) is 45.5 Å². The van der Waals surface area contributed by atoms with Crippen molar-refractivity contribution in [1.29, 1.82) is 0 Å². The van der Waals surface area contributed by atoms with E-state index >= 15 is 0 Å².